The summed E-state index contributed by atoms with van der Waals surface area (Å²) in [5.74, 6) is 0.919. The van der Waals surface area contributed by atoms with Crippen molar-refractivity contribution in [3.8, 4) is 17.3 Å². The fourth-order valence-corrected chi connectivity index (χ4v) is 3.59. The fourth-order valence-electron chi connectivity index (χ4n) is 3.59. The molecule has 30 heavy (non-hydrogen) atoms. The quantitative estimate of drug-likeness (QED) is 0.714. The zero-order valence-electron chi connectivity index (χ0n) is 17.8. The first-order valence-electron chi connectivity index (χ1n) is 10.3. The maximum Gasteiger partial charge on any atom is 0.155 e. The molecule has 1 fully saturated rings. The number of nitriles is 1. The van der Waals surface area contributed by atoms with Gasteiger partial charge in [0.1, 0.15) is 5.69 Å². The highest BCUT2D eigenvalue weighted by Crippen LogP contribution is 2.27. The number of benzene rings is 1. The largest absolute Gasteiger partial charge is 0.404 e. The van der Waals surface area contributed by atoms with Crippen molar-refractivity contribution in [1.29, 1.82) is 5.26 Å². The molecule has 0 bridgehead atoms. The molecule has 1 aromatic carbocycles. The third-order valence-corrected chi connectivity index (χ3v) is 5.50. The Kier molecular flexibility index (Phi) is 7.52. The van der Waals surface area contributed by atoms with Crippen LogP contribution in [0.3, 0.4) is 0 Å². The second kappa shape index (κ2) is 10.5. The number of aromatic nitrogens is 2. The van der Waals surface area contributed by atoms with Gasteiger partial charge in [-0.25, -0.2) is 4.98 Å². The minimum atomic E-state index is 0.532. The van der Waals surface area contributed by atoms with Gasteiger partial charge in [-0.2, -0.15) is 5.26 Å². The van der Waals surface area contributed by atoms with Gasteiger partial charge in [0.2, 0.25) is 0 Å². The van der Waals surface area contributed by atoms with Crippen molar-refractivity contribution in [3.63, 3.8) is 0 Å². The van der Waals surface area contributed by atoms with Crippen molar-refractivity contribution < 1.29 is 0 Å². The van der Waals surface area contributed by atoms with Crippen LogP contribution in [0.2, 0.25) is 0 Å². The predicted octanol–water partition coefficient (Wildman–Crippen LogP) is 2.66. The van der Waals surface area contributed by atoms with E-state index >= 15 is 0 Å². The monoisotopic (exact) mass is 403 g/mol. The molecule has 1 aliphatic rings. The van der Waals surface area contributed by atoms with E-state index in [-0.39, 0.29) is 0 Å². The molecule has 2 aromatic rings. The summed E-state index contributed by atoms with van der Waals surface area (Å²) in [6.45, 7) is 6.42. The summed E-state index contributed by atoms with van der Waals surface area (Å²) in [6.07, 6.45) is 6.46. The first-order valence-corrected chi connectivity index (χ1v) is 10.3. The lowest BCUT2D eigenvalue weighted by Crippen LogP contribution is -2.47. The highest BCUT2D eigenvalue weighted by molar-refractivity contribution is 5.98. The summed E-state index contributed by atoms with van der Waals surface area (Å²) in [5, 5.41) is 8.77. The molecular weight excluding hydrogens is 374 g/mol. The number of rotatable bonds is 7. The van der Waals surface area contributed by atoms with E-state index in [4.69, 9.17) is 11.0 Å². The number of piperazine rings is 1. The number of anilines is 1. The first-order chi connectivity index (χ1) is 14.7. The van der Waals surface area contributed by atoms with Crippen LogP contribution in [0.1, 0.15) is 18.9 Å². The molecule has 7 nitrogen and oxygen atoms in total. The van der Waals surface area contributed by atoms with Gasteiger partial charge in [0, 0.05) is 81.6 Å². The van der Waals surface area contributed by atoms with Crippen LogP contribution in [0.15, 0.2) is 53.4 Å². The zero-order chi connectivity index (χ0) is 21.3. The van der Waals surface area contributed by atoms with E-state index < -0.39 is 0 Å². The average Bonchev–Trinajstić information content (AvgIpc) is 2.81. The summed E-state index contributed by atoms with van der Waals surface area (Å²) in [5.41, 5.74) is 10.9. The number of nitrogens with two attached hydrogens (primary N) is 1. The molecule has 0 saturated carbocycles. The number of aliphatic imine (C=N–C) groups is 1. The van der Waals surface area contributed by atoms with Crippen molar-refractivity contribution in [3.05, 3.63) is 54.0 Å². The minimum absolute atomic E-state index is 0.532. The van der Waals surface area contributed by atoms with Crippen molar-refractivity contribution >= 4 is 11.5 Å². The van der Waals surface area contributed by atoms with Crippen LogP contribution in [-0.4, -0.2) is 60.4 Å². The van der Waals surface area contributed by atoms with Crippen LogP contribution >= 0.6 is 0 Å². The normalized spacial score (nSPS) is 15.8. The Morgan fingerprint density at radius 2 is 1.87 bits per heavy atom. The van der Waals surface area contributed by atoms with E-state index in [1.54, 1.807) is 25.6 Å². The number of aryl methyl sites for hydroxylation is 1. The molecule has 2 N–H and O–H groups in total. The van der Waals surface area contributed by atoms with Crippen LogP contribution in [-0.2, 0) is 6.42 Å². The second-order valence-electron chi connectivity index (χ2n) is 7.35. The fraction of sp³-hybridized carbons (Fsp3) is 0.391. The van der Waals surface area contributed by atoms with Gasteiger partial charge < -0.3 is 10.6 Å². The Morgan fingerprint density at radius 1 is 1.17 bits per heavy atom. The maximum atomic E-state index is 8.77. The van der Waals surface area contributed by atoms with Gasteiger partial charge in [0.25, 0.3) is 0 Å². The van der Waals surface area contributed by atoms with Crippen LogP contribution < -0.4 is 10.6 Å². The number of hydrogen-bond donors (Lipinski definition) is 1. The molecule has 3 rings (SSSR count). The van der Waals surface area contributed by atoms with Crippen LogP contribution in [0, 0.1) is 11.3 Å². The van der Waals surface area contributed by atoms with Crippen LogP contribution in [0.25, 0.3) is 11.3 Å². The number of nitrogens with zero attached hydrogens (tertiary/aromatic N) is 6. The minimum Gasteiger partial charge on any atom is -0.404 e. The Morgan fingerprint density at radius 3 is 2.50 bits per heavy atom. The summed E-state index contributed by atoms with van der Waals surface area (Å²) in [6, 6.07) is 10.5. The standard InChI is InChI=1S/C23H29N7/c1-18(26-2)21(16-25)17-29-12-14-30(15-13-29)23-22(27-10-11-28-23)20-7-5-19(6-8-20)4-3-9-24/h5-8,10-11,16H,3-4,12-15,17,25H2,1-2H3/b21-16-,26-18?. The van der Waals surface area contributed by atoms with Crippen molar-refractivity contribution in [1.82, 2.24) is 14.9 Å². The molecule has 1 aliphatic heterocycles. The Balaban J connectivity index is 1.69. The van der Waals surface area contributed by atoms with E-state index in [1.165, 1.54) is 0 Å². The van der Waals surface area contributed by atoms with Gasteiger partial charge in [-0.05, 0) is 18.9 Å². The first kappa shape index (κ1) is 21.5. The summed E-state index contributed by atoms with van der Waals surface area (Å²) < 4.78 is 0. The molecule has 1 saturated heterocycles. The second-order valence-corrected chi connectivity index (χ2v) is 7.35. The Hall–Kier alpha value is -3.24. The molecule has 1 aromatic heterocycles. The summed E-state index contributed by atoms with van der Waals surface area (Å²) in [7, 11) is 1.79. The van der Waals surface area contributed by atoms with Gasteiger partial charge in [0.05, 0.1) is 6.07 Å². The van der Waals surface area contributed by atoms with E-state index in [2.05, 4.69) is 55.1 Å². The smallest absolute Gasteiger partial charge is 0.155 e. The van der Waals surface area contributed by atoms with Gasteiger partial charge in [-0.1, -0.05) is 24.3 Å². The third-order valence-electron chi connectivity index (χ3n) is 5.50. The van der Waals surface area contributed by atoms with E-state index in [0.29, 0.717) is 6.42 Å². The average molecular weight is 404 g/mol. The van der Waals surface area contributed by atoms with Gasteiger partial charge in [0.15, 0.2) is 5.82 Å². The molecule has 0 unspecified atom stereocenters. The molecule has 0 amide bonds. The SMILES string of the molecule is CN=C(C)/C(=C\N)CN1CCN(c2nccnc2-c2ccc(CCC#N)cc2)CC1. The molecule has 0 aliphatic carbocycles. The van der Waals surface area contributed by atoms with Gasteiger partial charge in [-0.3, -0.25) is 14.9 Å². The Labute approximate surface area is 178 Å². The molecule has 0 spiro atoms. The predicted molar refractivity (Wildman–Crippen MR) is 121 cm³/mol. The molecule has 156 valence electrons. The van der Waals surface area contributed by atoms with E-state index in [9.17, 15) is 0 Å². The topological polar surface area (TPSA) is 94.4 Å². The van der Waals surface area contributed by atoms with Gasteiger partial charge >= 0.3 is 0 Å². The van der Waals surface area contributed by atoms with E-state index in [1.807, 2.05) is 6.92 Å². The lowest BCUT2D eigenvalue weighted by Gasteiger charge is -2.36. The van der Waals surface area contributed by atoms with Crippen LogP contribution in [0.5, 0.6) is 0 Å². The van der Waals surface area contributed by atoms with Gasteiger partial charge in [-0.15, -0.1) is 0 Å². The van der Waals surface area contributed by atoms with Crippen LogP contribution in [0.4, 0.5) is 5.82 Å². The summed E-state index contributed by atoms with van der Waals surface area (Å²) >= 11 is 0. The molecular formula is C23H29N7. The molecule has 7 heteroatoms. The molecule has 0 atom stereocenters. The lowest BCUT2D eigenvalue weighted by molar-refractivity contribution is 0.280. The highest BCUT2D eigenvalue weighted by Gasteiger charge is 2.22. The summed E-state index contributed by atoms with van der Waals surface area (Å²) in [4.78, 5) is 18.2. The van der Waals surface area contributed by atoms with Crippen molar-refractivity contribution in [2.45, 2.75) is 19.8 Å². The van der Waals surface area contributed by atoms with Crippen molar-refractivity contribution in [2.75, 3.05) is 44.7 Å². The zero-order valence-corrected chi connectivity index (χ0v) is 17.8. The lowest BCUT2D eigenvalue weighted by atomic mass is 10.1. The maximum absolute atomic E-state index is 8.77. The number of hydrogen-bond acceptors (Lipinski definition) is 7. The highest BCUT2D eigenvalue weighted by atomic mass is 15.3. The molecule has 2 heterocycles. The Bertz CT molecular complexity index is 933. The third kappa shape index (κ3) is 5.22. The van der Waals surface area contributed by atoms with E-state index in [0.717, 1.165) is 73.1 Å². The van der Waals surface area contributed by atoms with Crippen molar-refractivity contribution in [2.24, 2.45) is 10.7 Å². The molecule has 0 radical (unpaired) electrons.